The van der Waals surface area contributed by atoms with Crippen molar-refractivity contribution in [2.45, 2.75) is 0 Å². The van der Waals surface area contributed by atoms with E-state index < -0.39 is 0 Å². The molecule has 0 bridgehead atoms. The molecule has 62 valence electrons. The van der Waals surface area contributed by atoms with E-state index in [9.17, 15) is 0 Å². The summed E-state index contributed by atoms with van der Waals surface area (Å²) in [5.41, 5.74) is 0.705. The average molecular weight is 227 g/mol. The molecule has 0 unspecified atom stereocenters. The van der Waals surface area contributed by atoms with Crippen LogP contribution in [0.2, 0.25) is 0 Å². The van der Waals surface area contributed by atoms with Crippen LogP contribution in [0.1, 0.15) is 0 Å². The van der Waals surface area contributed by atoms with Gasteiger partial charge in [0.05, 0.1) is 12.8 Å². The second-order valence-corrected chi connectivity index (χ2v) is 2.94. The minimum absolute atomic E-state index is 0.705. The summed E-state index contributed by atoms with van der Waals surface area (Å²) in [4.78, 5) is 0. The molecule has 4 heteroatoms. The minimum atomic E-state index is 0.705. The van der Waals surface area contributed by atoms with Gasteiger partial charge in [0, 0.05) is 10.5 Å². The summed E-state index contributed by atoms with van der Waals surface area (Å²) in [5, 5.41) is 10.9. The predicted molar refractivity (Wildman–Crippen MR) is 49.9 cm³/mol. The molecule has 12 heavy (non-hydrogen) atoms. The molecule has 1 aromatic rings. The van der Waals surface area contributed by atoms with Gasteiger partial charge in [-0.15, -0.1) is 0 Å². The van der Waals surface area contributed by atoms with Crippen LogP contribution in [0.15, 0.2) is 22.7 Å². The first-order valence-corrected chi connectivity index (χ1v) is 4.06. The van der Waals surface area contributed by atoms with Crippen LogP contribution in [-0.4, -0.2) is 7.11 Å². The topological polar surface area (TPSA) is 45.0 Å². The van der Waals surface area contributed by atoms with E-state index in [0.717, 1.165) is 10.2 Å². The number of benzene rings is 1. The van der Waals surface area contributed by atoms with Crippen LogP contribution < -0.4 is 10.1 Å². The molecule has 0 radical (unpaired) electrons. The van der Waals surface area contributed by atoms with Crippen molar-refractivity contribution in [3.8, 4) is 11.9 Å². The van der Waals surface area contributed by atoms with Crippen molar-refractivity contribution in [3.63, 3.8) is 0 Å². The highest BCUT2D eigenvalue weighted by atomic mass is 79.9. The molecule has 0 aromatic heterocycles. The smallest absolute Gasteiger partial charge is 0.181 e. The van der Waals surface area contributed by atoms with Crippen LogP contribution in [-0.2, 0) is 0 Å². The van der Waals surface area contributed by atoms with E-state index in [1.165, 1.54) is 0 Å². The Morgan fingerprint density at radius 2 is 2.33 bits per heavy atom. The average Bonchev–Trinajstić information content (AvgIpc) is 2.09. The molecule has 0 aliphatic carbocycles. The largest absolute Gasteiger partial charge is 0.497 e. The number of nitrogens with zero attached hydrogens (tertiary/aromatic N) is 1. The van der Waals surface area contributed by atoms with E-state index in [0.29, 0.717) is 5.69 Å². The number of ether oxygens (including phenoxy) is 1. The SMILES string of the molecule is COc1ccc(Br)c(NC#N)c1. The van der Waals surface area contributed by atoms with E-state index in [2.05, 4.69) is 21.2 Å². The summed E-state index contributed by atoms with van der Waals surface area (Å²) in [5.74, 6) is 0.718. The number of rotatable bonds is 2. The molecule has 0 spiro atoms. The van der Waals surface area contributed by atoms with Crippen molar-refractivity contribution in [3.05, 3.63) is 22.7 Å². The molecular weight excluding hydrogens is 220 g/mol. The first-order chi connectivity index (χ1) is 5.77. The Morgan fingerprint density at radius 3 is 2.92 bits per heavy atom. The Hall–Kier alpha value is -1.21. The van der Waals surface area contributed by atoms with Crippen molar-refractivity contribution < 1.29 is 4.74 Å². The molecule has 1 N–H and O–H groups in total. The maximum absolute atomic E-state index is 8.38. The Bertz CT molecular complexity index is 319. The number of halogens is 1. The summed E-state index contributed by atoms with van der Waals surface area (Å²) in [6.45, 7) is 0. The van der Waals surface area contributed by atoms with Gasteiger partial charge in [-0.25, -0.2) is 0 Å². The van der Waals surface area contributed by atoms with E-state index in [4.69, 9.17) is 10.00 Å². The summed E-state index contributed by atoms with van der Waals surface area (Å²) in [6.07, 6.45) is 1.84. The van der Waals surface area contributed by atoms with Gasteiger partial charge in [-0.2, -0.15) is 5.26 Å². The highest BCUT2D eigenvalue weighted by Crippen LogP contribution is 2.26. The lowest BCUT2D eigenvalue weighted by Gasteiger charge is -2.03. The third-order valence-corrected chi connectivity index (χ3v) is 2.06. The van der Waals surface area contributed by atoms with Gasteiger partial charge in [-0.1, -0.05) is 0 Å². The standard InChI is InChI=1S/C8H7BrN2O/c1-12-6-2-3-7(9)8(4-6)11-5-10/h2-4,11H,1H3. The zero-order chi connectivity index (χ0) is 8.97. The van der Waals surface area contributed by atoms with Crippen LogP contribution in [0, 0.1) is 11.5 Å². The Balaban J connectivity index is 3.01. The Kier molecular flexibility index (Phi) is 2.94. The monoisotopic (exact) mass is 226 g/mol. The molecule has 1 aromatic carbocycles. The van der Waals surface area contributed by atoms with Gasteiger partial charge in [0.1, 0.15) is 5.75 Å². The van der Waals surface area contributed by atoms with Crippen LogP contribution in [0.25, 0.3) is 0 Å². The Labute approximate surface area is 79.1 Å². The van der Waals surface area contributed by atoms with E-state index in [1.54, 1.807) is 13.2 Å². The molecule has 0 amide bonds. The van der Waals surface area contributed by atoms with Gasteiger partial charge in [-0.05, 0) is 28.1 Å². The fraction of sp³-hybridized carbons (Fsp3) is 0.125. The van der Waals surface area contributed by atoms with Gasteiger partial charge in [0.2, 0.25) is 0 Å². The zero-order valence-corrected chi connectivity index (χ0v) is 8.05. The molecule has 0 aliphatic heterocycles. The second kappa shape index (κ2) is 3.98. The molecule has 0 aliphatic rings. The van der Waals surface area contributed by atoms with E-state index in [1.807, 2.05) is 18.3 Å². The number of hydrogen-bond donors (Lipinski definition) is 1. The fourth-order valence-corrected chi connectivity index (χ4v) is 1.13. The van der Waals surface area contributed by atoms with Gasteiger partial charge < -0.3 is 4.74 Å². The van der Waals surface area contributed by atoms with Gasteiger partial charge in [-0.3, -0.25) is 5.32 Å². The highest BCUT2D eigenvalue weighted by molar-refractivity contribution is 9.10. The molecule has 0 saturated carbocycles. The van der Waals surface area contributed by atoms with E-state index in [-0.39, 0.29) is 0 Å². The lowest BCUT2D eigenvalue weighted by molar-refractivity contribution is 0.415. The lowest BCUT2D eigenvalue weighted by Crippen LogP contribution is -1.90. The van der Waals surface area contributed by atoms with E-state index >= 15 is 0 Å². The highest BCUT2D eigenvalue weighted by Gasteiger charge is 1.99. The van der Waals surface area contributed by atoms with Crippen molar-refractivity contribution in [2.24, 2.45) is 0 Å². The molecule has 0 atom stereocenters. The third-order valence-electron chi connectivity index (χ3n) is 1.36. The van der Waals surface area contributed by atoms with Crippen LogP contribution >= 0.6 is 15.9 Å². The number of hydrogen-bond acceptors (Lipinski definition) is 3. The zero-order valence-electron chi connectivity index (χ0n) is 6.47. The molecule has 1 rings (SSSR count). The first kappa shape index (κ1) is 8.88. The summed E-state index contributed by atoms with van der Waals surface area (Å²) in [7, 11) is 1.58. The number of methoxy groups -OCH3 is 1. The van der Waals surface area contributed by atoms with Crippen LogP contribution in [0.3, 0.4) is 0 Å². The van der Waals surface area contributed by atoms with Gasteiger partial charge in [0.25, 0.3) is 0 Å². The van der Waals surface area contributed by atoms with Crippen LogP contribution in [0.5, 0.6) is 5.75 Å². The quantitative estimate of drug-likeness (QED) is 0.623. The fourth-order valence-electron chi connectivity index (χ4n) is 0.787. The Morgan fingerprint density at radius 1 is 1.58 bits per heavy atom. The summed E-state index contributed by atoms with van der Waals surface area (Å²) < 4.78 is 5.82. The number of anilines is 1. The van der Waals surface area contributed by atoms with Gasteiger partial charge >= 0.3 is 0 Å². The first-order valence-electron chi connectivity index (χ1n) is 3.26. The molecule has 0 heterocycles. The lowest BCUT2D eigenvalue weighted by atomic mass is 10.3. The maximum Gasteiger partial charge on any atom is 0.181 e. The van der Waals surface area contributed by atoms with Crippen molar-refractivity contribution in [1.82, 2.24) is 0 Å². The second-order valence-electron chi connectivity index (χ2n) is 2.08. The summed E-state index contributed by atoms with van der Waals surface area (Å²) >= 11 is 3.29. The predicted octanol–water partition coefficient (Wildman–Crippen LogP) is 2.35. The molecule has 0 saturated heterocycles. The molecular formula is C8H7BrN2O. The number of nitrogens with one attached hydrogen (secondary N) is 1. The third kappa shape index (κ3) is 1.89. The molecule has 0 fully saturated rings. The van der Waals surface area contributed by atoms with Crippen LogP contribution in [0.4, 0.5) is 5.69 Å². The van der Waals surface area contributed by atoms with Crippen molar-refractivity contribution in [2.75, 3.05) is 12.4 Å². The van der Waals surface area contributed by atoms with Gasteiger partial charge in [0.15, 0.2) is 6.19 Å². The van der Waals surface area contributed by atoms with Crippen molar-refractivity contribution in [1.29, 1.82) is 5.26 Å². The normalized spacial score (nSPS) is 8.75. The number of nitriles is 1. The maximum atomic E-state index is 8.38. The van der Waals surface area contributed by atoms with Crippen molar-refractivity contribution >= 4 is 21.6 Å². The summed E-state index contributed by atoms with van der Waals surface area (Å²) in [6, 6.07) is 5.37. The molecule has 3 nitrogen and oxygen atoms in total. The minimum Gasteiger partial charge on any atom is -0.497 e.